The highest BCUT2D eigenvalue weighted by molar-refractivity contribution is 7.80. The molecule has 0 saturated heterocycles. The third-order valence-corrected chi connectivity index (χ3v) is 3.05. The summed E-state index contributed by atoms with van der Waals surface area (Å²) < 4.78 is 2.00. The minimum Gasteiger partial charge on any atom is -0.388 e. The van der Waals surface area contributed by atoms with Gasteiger partial charge in [0.1, 0.15) is 10.7 Å². The predicted octanol–water partition coefficient (Wildman–Crippen LogP) is 1.43. The first-order valence-electron chi connectivity index (χ1n) is 6.44. The maximum atomic E-state index is 5.53. The van der Waals surface area contributed by atoms with E-state index in [0.29, 0.717) is 11.6 Å². The van der Waals surface area contributed by atoms with Crippen molar-refractivity contribution in [3.8, 4) is 0 Å². The van der Waals surface area contributed by atoms with Gasteiger partial charge in [-0.2, -0.15) is 5.10 Å². The van der Waals surface area contributed by atoms with E-state index in [1.807, 2.05) is 11.6 Å². The number of hydrogen-bond donors (Lipinski definition) is 2. The van der Waals surface area contributed by atoms with Crippen LogP contribution in [0.3, 0.4) is 0 Å². The summed E-state index contributed by atoms with van der Waals surface area (Å²) in [6.45, 7) is 5.68. The number of rotatable bonds is 6. The third-order valence-electron chi connectivity index (χ3n) is 2.84. The van der Waals surface area contributed by atoms with Gasteiger partial charge in [0.2, 0.25) is 5.95 Å². The molecule has 2 heterocycles. The Bertz CT molecular complexity index is 607. The molecular weight excluding hydrogens is 272 g/mol. The van der Waals surface area contributed by atoms with Gasteiger partial charge in [-0.3, -0.25) is 4.68 Å². The number of aryl methyl sites for hydroxylation is 3. The highest BCUT2D eigenvalue weighted by Gasteiger charge is 2.02. The van der Waals surface area contributed by atoms with Crippen molar-refractivity contribution in [2.45, 2.75) is 26.8 Å². The van der Waals surface area contributed by atoms with Crippen molar-refractivity contribution >= 4 is 23.2 Å². The van der Waals surface area contributed by atoms with Crippen molar-refractivity contribution in [1.29, 1.82) is 0 Å². The average molecular weight is 290 g/mol. The Hall–Kier alpha value is -2.02. The lowest BCUT2D eigenvalue weighted by Gasteiger charge is -2.07. The molecule has 0 atom stereocenters. The molecule has 0 aliphatic carbocycles. The molecule has 0 bridgehead atoms. The van der Waals surface area contributed by atoms with Gasteiger partial charge in [0.25, 0.3) is 0 Å². The number of nitrogens with one attached hydrogen (secondary N) is 1. The van der Waals surface area contributed by atoms with Crippen LogP contribution in [0.5, 0.6) is 0 Å². The topological polar surface area (TPSA) is 81.7 Å². The van der Waals surface area contributed by atoms with Gasteiger partial charge >= 0.3 is 0 Å². The molecule has 0 aliphatic rings. The van der Waals surface area contributed by atoms with Crippen LogP contribution in [0.4, 0.5) is 5.95 Å². The lowest BCUT2D eigenvalue weighted by Crippen LogP contribution is -2.15. The van der Waals surface area contributed by atoms with Crippen LogP contribution in [0.25, 0.3) is 0 Å². The van der Waals surface area contributed by atoms with Crippen molar-refractivity contribution in [3.63, 3.8) is 0 Å². The van der Waals surface area contributed by atoms with Crippen molar-refractivity contribution in [2.24, 2.45) is 5.73 Å². The van der Waals surface area contributed by atoms with Gasteiger partial charge in [0.15, 0.2) is 0 Å². The van der Waals surface area contributed by atoms with E-state index >= 15 is 0 Å². The lowest BCUT2D eigenvalue weighted by molar-refractivity contribution is 0.573. The van der Waals surface area contributed by atoms with Gasteiger partial charge in [-0.25, -0.2) is 9.97 Å². The molecule has 6 nitrogen and oxygen atoms in total. The Morgan fingerprint density at radius 3 is 2.90 bits per heavy atom. The van der Waals surface area contributed by atoms with Crippen LogP contribution in [0.15, 0.2) is 18.3 Å². The van der Waals surface area contributed by atoms with Gasteiger partial charge in [-0.15, -0.1) is 0 Å². The van der Waals surface area contributed by atoms with Crippen molar-refractivity contribution < 1.29 is 0 Å². The van der Waals surface area contributed by atoms with Crippen LogP contribution in [0.2, 0.25) is 0 Å². The normalized spacial score (nSPS) is 10.5. The summed E-state index contributed by atoms with van der Waals surface area (Å²) in [5.74, 6) is 0.545. The molecule has 0 fully saturated rings. The standard InChI is InChI=1S/C13H18N6S/c1-9-8-10(2)19(18-9)7-3-5-15-13-16-6-4-11(17-13)12(14)20/h4,6,8H,3,5,7H2,1-2H3,(H2,14,20)(H,15,16,17). The molecule has 2 aromatic rings. The van der Waals surface area contributed by atoms with Gasteiger partial charge < -0.3 is 11.1 Å². The Kier molecular flexibility index (Phi) is 4.62. The van der Waals surface area contributed by atoms with Crippen LogP contribution in [0, 0.1) is 13.8 Å². The zero-order valence-electron chi connectivity index (χ0n) is 11.6. The molecule has 106 valence electrons. The number of nitrogens with two attached hydrogens (primary N) is 1. The minimum atomic E-state index is 0.276. The summed E-state index contributed by atoms with van der Waals surface area (Å²) in [5, 5.41) is 7.57. The lowest BCUT2D eigenvalue weighted by atomic mass is 10.4. The second kappa shape index (κ2) is 6.42. The molecule has 0 radical (unpaired) electrons. The second-order valence-electron chi connectivity index (χ2n) is 4.56. The fourth-order valence-corrected chi connectivity index (χ4v) is 2.03. The highest BCUT2D eigenvalue weighted by atomic mass is 32.1. The molecule has 0 saturated carbocycles. The quantitative estimate of drug-likeness (QED) is 0.618. The van der Waals surface area contributed by atoms with Crippen LogP contribution in [0.1, 0.15) is 23.5 Å². The molecular formula is C13H18N6S. The zero-order valence-corrected chi connectivity index (χ0v) is 12.4. The van der Waals surface area contributed by atoms with Crippen LogP contribution < -0.4 is 11.1 Å². The number of thiocarbonyl (C=S) groups is 1. The molecule has 0 aliphatic heterocycles. The molecule has 0 unspecified atom stereocenters. The molecule has 3 N–H and O–H groups in total. The number of anilines is 1. The first kappa shape index (κ1) is 14.4. The fourth-order valence-electron chi connectivity index (χ4n) is 1.91. The Morgan fingerprint density at radius 1 is 1.45 bits per heavy atom. The predicted molar refractivity (Wildman–Crippen MR) is 82.7 cm³/mol. The molecule has 20 heavy (non-hydrogen) atoms. The van der Waals surface area contributed by atoms with E-state index in [1.54, 1.807) is 12.3 Å². The second-order valence-corrected chi connectivity index (χ2v) is 5.00. The molecule has 2 rings (SSSR count). The number of nitrogens with zero attached hydrogens (tertiary/aromatic N) is 4. The van der Waals surface area contributed by atoms with E-state index in [1.165, 1.54) is 5.69 Å². The summed E-state index contributed by atoms with van der Waals surface area (Å²) in [5.41, 5.74) is 8.33. The fraction of sp³-hybridized carbons (Fsp3) is 0.385. The van der Waals surface area contributed by atoms with E-state index in [2.05, 4.69) is 33.4 Å². The average Bonchev–Trinajstić information content (AvgIpc) is 2.73. The van der Waals surface area contributed by atoms with Crippen LogP contribution in [-0.2, 0) is 6.54 Å². The molecule has 0 spiro atoms. The third kappa shape index (κ3) is 3.74. The van der Waals surface area contributed by atoms with Crippen molar-refractivity contribution in [1.82, 2.24) is 19.7 Å². The summed E-state index contributed by atoms with van der Waals surface area (Å²) in [4.78, 5) is 8.63. The van der Waals surface area contributed by atoms with Gasteiger partial charge in [0.05, 0.1) is 5.69 Å². The van der Waals surface area contributed by atoms with E-state index < -0.39 is 0 Å². The maximum Gasteiger partial charge on any atom is 0.223 e. The Labute approximate surface area is 123 Å². The van der Waals surface area contributed by atoms with E-state index in [0.717, 1.165) is 25.2 Å². The van der Waals surface area contributed by atoms with Gasteiger partial charge in [-0.05, 0) is 32.4 Å². The van der Waals surface area contributed by atoms with E-state index in [4.69, 9.17) is 18.0 Å². The zero-order chi connectivity index (χ0) is 14.5. The highest BCUT2D eigenvalue weighted by Crippen LogP contribution is 2.04. The Morgan fingerprint density at radius 2 is 2.25 bits per heavy atom. The molecule has 0 amide bonds. The summed E-state index contributed by atoms with van der Waals surface area (Å²) in [6.07, 6.45) is 2.58. The summed E-state index contributed by atoms with van der Waals surface area (Å²) >= 11 is 4.89. The van der Waals surface area contributed by atoms with Crippen LogP contribution >= 0.6 is 12.2 Å². The number of aromatic nitrogens is 4. The van der Waals surface area contributed by atoms with E-state index in [-0.39, 0.29) is 4.99 Å². The molecule has 2 aromatic heterocycles. The number of hydrogen-bond acceptors (Lipinski definition) is 5. The Balaban J connectivity index is 1.83. The first-order chi connectivity index (χ1) is 9.56. The maximum absolute atomic E-state index is 5.53. The first-order valence-corrected chi connectivity index (χ1v) is 6.85. The monoisotopic (exact) mass is 290 g/mol. The van der Waals surface area contributed by atoms with Gasteiger partial charge in [0, 0.05) is 25.0 Å². The smallest absolute Gasteiger partial charge is 0.223 e. The van der Waals surface area contributed by atoms with E-state index in [9.17, 15) is 0 Å². The minimum absolute atomic E-state index is 0.276. The van der Waals surface area contributed by atoms with Crippen molar-refractivity contribution in [3.05, 3.63) is 35.4 Å². The molecule has 7 heteroatoms. The summed E-state index contributed by atoms with van der Waals surface area (Å²) in [7, 11) is 0. The summed E-state index contributed by atoms with van der Waals surface area (Å²) in [6, 6.07) is 3.77. The SMILES string of the molecule is Cc1cc(C)n(CCCNc2nccc(C(N)=S)n2)n1. The largest absolute Gasteiger partial charge is 0.388 e. The van der Waals surface area contributed by atoms with Crippen LogP contribution in [-0.4, -0.2) is 31.3 Å². The van der Waals surface area contributed by atoms with Crippen molar-refractivity contribution in [2.75, 3.05) is 11.9 Å². The molecule has 0 aromatic carbocycles. The van der Waals surface area contributed by atoms with Gasteiger partial charge in [-0.1, -0.05) is 12.2 Å².